The van der Waals surface area contributed by atoms with E-state index in [1.165, 1.54) is 37.9 Å². The van der Waals surface area contributed by atoms with E-state index in [4.69, 9.17) is 0 Å². The maximum absolute atomic E-state index is 4.58. The van der Waals surface area contributed by atoms with Crippen LogP contribution < -0.4 is 5.32 Å². The van der Waals surface area contributed by atoms with Gasteiger partial charge in [0, 0.05) is 19.0 Å². The van der Waals surface area contributed by atoms with Gasteiger partial charge in [-0.2, -0.15) is 0 Å². The van der Waals surface area contributed by atoms with Crippen molar-refractivity contribution in [1.29, 1.82) is 0 Å². The summed E-state index contributed by atoms with van der Waals surface area (Å²) in [6.07, 6.45) is 6.69. The highest BCUT2D eigenvalue weighted by Gasteiger charge is 2.59. The monoisotopic (exact) mass is 220 g/mol. The molecule has 3 unspecified atom stereocenters. The SMILES string of the molecule is CC12CCC(C1)C(C)(C)C2NC1=NCCC1. The Morgan fingerprint density at radius 1 is 1.31 bits per heavy atom. The zero-order valence-electron chi connectivity index (χ0n) is 10.8. The Hall–Kier alpha value is -0.530. The quantitative estimate of drug-likeness (QED) is 0.722. The minimum absolute atomic E-state index is 0.456. The van der Waals surface area contributed by atoms with Crippen molar-refractivity contribution in [2.24, 2.45) is 21.7 Å². The van der Waals surface area contributed by atoms with Crippen LogP contribution in [0.1, 0.15) is 52.9 Å². The van der Waals surface area contributed by atoms with E-state index in [2.05, 4.69) is 31.1 Å². The van der Waals surface area contributed by atoms with Crippen LogP contribution in [0.2, 0.25) is 0 Å². The molecule has 0 aromatic heterocycles. The van der Waals surface area contributed by atoms with Gasteiger partial charge >= 0.3 is 0 Å². The van der Waals surface area contributed by atoms with Crippen LogP contribution in [0.5, 0.6) is 0 Å². The molecule has 90 valence electrons. The van der Waals surface area contributed by atoms with Gasteiger partial charge in [-0.05, 0) is 42.4 Å². The molecule has 3 aliphatic rings. The zero-order valence-corrected chi connectivity index (χ0v) is 10.8. The number of nitrogens with one attached hydrogen (secondary N) is 1. The molecule has 2 heteroatoms. The summed E-state index contributed by atoms with van der Waals surface area (Å²) in [5.41, 5.74) is 0.984. The summed E-state index contributed by atoms with van der Waals surface area (Å²) in [6, 6.07) is 0.649. The molecule has 0 amide bonds. The highest BCUT2D eigenvalue weighted by atomic mass is 15.1. The van der Waals surface area contributed by atoms with Crippen molar-refractivity contribution < 1.29 is 0 Å². The summed E-state index contributed by atoms with van der Waals surface area (Å²) in [7, 11) is 0. The van der Waals surface area contributed by atoms with Gasteiger partial charge in [-0.1, -0.05) is 20.8 Å². The molecule has 0 spiro atoms. The van der Waals surface area contributed by atoms with Gasteiger partial charge in [0.1, 0.15) is 0 Å². The Morgan fingerprint density at radius 2 is 2.12 bits per heavy atom. The summed E-state index contributed by atoms with van der Waals surface area (Å²) in [5, 5.41) is 3.79. The molecular weight excluding hydrogens is 196 g/mol. The Bertz CT molecular complexity index is 327. The Morgan fingerprint density at radius 3 is 2.69 bits per heavy atom. The Labute approximate surface area is 98.9 Å². The molecule has 1 aliphatic heterocycles. The molecule has 0 aromatic rings. The average Bonchev–Trinajstić information content (AvgIpc) is 2.85. The summed E-state index contributed by atoms with van der Waals surface area (Å²) in [4.78, 5) is 4.58. The lowest BCUT2D eigenvalue weighted by Gasteiger charge is -2.43. The van der Waals surface area contributed by atoms with Crippen LogP contribution in [0, 0.1) is 16.7 Å². The minimum Gasteiger partial charge on any atom is -0.370 e. The Kier molecular flexibility index (Phi) is 2.15. The largest absolute Gasteiger partial charge is 0.370 e. The lowest BCUT2D eigenvalue weighted by atomic mass is 9.68. The van der Waals surface area contributed by atoms with E-state index in [0.29, 0.717) is 16.9 Å². The lowest BCUT2D eigenvalue weighted by molar-refractivity contribution is 0.125. The first-order valence-electron chi connectivity index (χ1n) is 6.82. The van der Waals surface area contributed by atoms with Gasteiger partial charge in [0.25, 0.3) is 0 Å². The highest BCUT2D eigenvalue weighted by molar-refractivity contribution is 5.84. The predicted octanol–water partition coefficient (Wildman–Crippen LogP) is 2.98. The molecule has 2 saturated carbocycles. The third-order valence-corrected chi connectivity index (χ3v) is 5.46. The summed E-state index contributed by atoms with van der Waals surface area (Å²) in [5.74, 6) is 2.21. The van der Waals surface area contributed by atoms with Crippen molar-refractivity contribution in [3.05, 3.63) is 0 Å². The molecule has 3 atom stereocenters. The molecule has 2 bridgehead atoms. The third kappa shape index (κ3) is 1.34. The molecular formula is C14H24N2. The average molecular weight is 220 g/mol. The van der Waals surface area contributed by atoms with Crippen molar-refractivity contribution in [1.82, 2.24) is 5.32 Å². The normalized spacial score (nSPS) is 44.8. The number of nitrogens with zero attached hydrogens (tertiary/aromatic N) is 1. The summed E-state index contributed by atoms with van der Waals surface area (Å²) < 4.78 is 0. The molecule has 0 radical (unpaired) electrons. The van der Waals surface area contributed by atoms with Crippen LogP contribution in [0.3, 0.4) is 0 Å². The standard InChI is InChI=1S/C14H24N2/c1-13(2)10-6-7-14(3,9-10)12(13)16-11-5-4-8-15-11/h10,12H,4-9H2,1-3H3,(H,15,16). The number of rotatable bonds is 1. The highest BCUT2D eigenvalue weighted by Crippen LogP contribution is 2.62. The van der Waals surface area contributed by atoms with Gasteiger partial charge in [0.05, 0.1) is 5.84 Å². The maximum atomic E-state index is 4.58. The maximum Gasteiger partial charge on any atom is 0.0966 e. The van der Waals surface area contributed by atoms with E-state index in [1.807, 2.05) is 0 Å². The van der Waals surface area contributed by atoms with Gasteiger partial charge in [0.2, 0.25) is 0 Å². The van der Waals surface area contributed by atoms with Crippen molar-refractivity contribution in [3.63, 3.8) is 0 Å². The van der Waals surface area contributed by atoms with Gasteiger partial charge in [-0.3, -0.25) is 4.99 Å². The topological polar surface area (TPSA) is 24.4 Å². The van der Waals surface area contributed by atoms with Gasteiger partial charge < -0.3 is 5.32 Å². The van der Waals surface area contributed by atoms with Crippen LogP contribution in [-0.4, -0.2) is 18.4 Å². The number of hydrogen-bond acceptors (Lipinski definition) is 2. The fraction of sp³-hybridized carbons (Fsp3) is 0.929. The van der Waals surface area contributed by atoms with Crippen LogP contribution >= 0.6 is 0 Å². The van der Waals surface area contributed by atoms with E-state index < -0.39 is 0 Å². The molecule has 2 nitrogen and oxygen atoms in total. The first-order valence-corrected chi connectivity index (χ1v) is 6.82. The number of fused-ring (bicyclic) bond motifs is 2. The fourth-order valence-corrected chi connectivity index (χ4v) is 4.49. The van der Waals surface area contributed by atoms with Crippen molar-refractivity contribution in [3.8, 4) is 0 Å². The number of hydrogen-bond donors (Lipinski definition) is 1. The smallest absolute Gasteiger partial charge is 0.0966 e. The van der Waals surface area contributed by atoms with E-state index in [1.54, 1.807) is 0 Å². The van der Waals surface area contributed by atoms with Crippen molar-refractivity contribution >= 4 is 5.84 Å². The molecule has 2 aliphatic carbocycles. The van der Waals surface area contributed by atoms with E-state index >= 15 is 0 Å². The Balaban J connectivity index is 1.82. The second-order valence-corrected chi connectivity index (χ2v) is 6.92. The second kappa shape index (κ2) is 3.24. The predicted molar refractivity (Wildman–Crippen MR) is 67.7 cm³/mol. The third-order valence-electron chi connectivity index (χ3n) is 5.46. The lowest BCUT2D eigenvalue weighted by Crippen LogP contribution is -2.52. The molecule has 1 N–H and O–H groups in total. The van der Waals surface area contributed by atoms with Crippen LogP contribution in [0.15, 0.2) is 4.99 Å². The van der Waals surface area contributed by atoms with E-state index in [-0.39, 0.29) is 0 Å². The van der Waals surface area contributed by atoms with Crippen LogP contribution in [0.25, 0.3) is 0 Å². The van der Waals surface area contributed by atoms with E-state index in [9.17, 15) is 0 Å². The number of amidine groups is 1. The van der Waals surface area contributed by atoms with E-state index in [0.717, 1.165) is 12.5 Å². The van der Waals surface area contributed by atoms with Crippen LogP contribution in [0.4, 0.5) is 0 Å². The van der Waals surface area contributed by atoms with Crippen molar-refractivity contribution in [2.45, 2.75) is 58.9 Å². The summed E-state index contributed by atoms with van der Waals surface area (Å²) in [6.45, 7) is 8.43. The molecule has 0 aromatic carbocycles. The first-order chi connectivity index (χ1) is 7.52. The van der Waals surface area contributed by atoms with Crippen molar-refractivity contribution in [2.75, 3.05) is 6.54 Å². The van der Waals surface area contributed by atoms with Gasteiger partial charge in [-0.25, -0.2) is 0 Å². The molecule has 2 fully saturated rings. The van der Waals surface area contributed by atoms with Gasteiger partial charge in [0.15, 0.2) is 0 Å². The first kappa shape index (κ1) is 10.6. The van der Waals surface area contributed by atoms with Gasteiger partial charge in [-0.15, -0.1) is 0 Å². The second-order valence-electron chi connectivity index (χ2n) is 6.92. The minimum atomic E-state index is 0.456. The molecule has 16 heavy (non-hydrogen) atoms. The molecule has 3 rings (SSSR count). The summed E-state index contributed by atoms with van der Waals surface area (Å²) >= 11 is 0. The molecule has 1 heterocycles. The van der Waals surface area contributed by atoms with Crippen LogP contribution in [-0.2, 0) is 0 Å². The number of aliphatic imine (C=N–C) groups is 1. The molecule has 0 saturated heterocycles. The fourth-order valence-electron chi connectivity index (χ4n) is 4.49. The zero-order chi connectivity index (χ0) is 11.4.